The minimum absolute atomic E-state index is 0.0721. The number of carbonyl (C=O) groups excluding carboxylic acids is 1. The number of amides is 1. The molecule has 88 valence electrons. The molecule has 4 N–H and O–H groups in total. The van der Waals surface area contributed by atoms with Gasteiger partial charge in [-0.25, -0.2) is 0 Å². The fourth-order valence-corrected chi connectivity index (χ4v) is 1.42. The van der Waals surface area contributed by atoms with E-state index in [-0.39, 0.29) is 19.1 Å². The van der Waals surface area contributed by atoms with E-state index in [1.807, 2.05) is 13.0 Å². The Bertz CT molecular complexity index is 380. The third kappa shape index (κ3) is 3.72. The molecule has 0 saturated carbocycles. The highest BCUT2D eigenvalue weighted by Gasteiger charge is 2.06. The SMILES string of the molecule is C[C@@H](N)c1ccc(OCCC(N)=O)c(Cl)c1. The van der Waals surface area contributed by atoms with E-state index in [0.29, 0.717) is 10.8 Å². The minimum atomic E-state index is -0.400. The third-order valence-corrected chi connectivity index (χ3v) is 2.38. The van der Waals surface area contributed by atoms with Crippen LogP contribution in [-0.4, -0.2) is 12.5 Å². The van der Waals surface area contributed by atoms with Crippen LogP contribution in [0.25, 0.3) is 0 Å². The monoisotopic (exact) mass is 242 g/mol. The molecule has 0 fully saturated rings. The van der Waals surface area contributed by atoms with Gasteiger partial charge in [-0.15, -0.1) is 0 Å². The summed E-state index contributed by atoms with van der Waals surface area (Å²) in [6.45, 7) is 2.10. The lowest BCUT2D eigenvalue weighted by atomic mass is 10.1. The first-order valence-corrected chi connectivity index (χ1v) is 5.34. The highest BCUT2D eigenvalue weighted by atomic mass is 35.5. The van der Waals surface area contributed by atoms with E-state index < -0.39 is 5.91 Å². The lowest BCUT2D eigenvalue weighted by Crippen LogP contribution is -2.14. The van der Waals surface area contributed by atoms with Gasteiger partial charge in [0.1, 0.15) is 5.75 Å². The van der Waals surface area contributed by atoms with Crippen LogP contribution in [-0.2, 0) is 4.79 Å². The zero-order valence-electron chi connectivity index (χ0n) is 9.07. The Labute approximate surface area is 99.5 Å². The fourth-order valence-electron chi connectivity index (χ4n) is 1.18. The van der Waals surface area contributed by atoms with Crippen LogP contribution in [0.1, 0.15) is 24.9 Å². The number of hydrogen-bond acceptors (Lipinski definition) is 3. The number of nitrogens with two attached hydrogens (primary N) is 2. The van der Waals surface area contributed by atoms with Crippen molar-refractivity contribution in [2.45, 2.75) is 19.4 Å². The van der Waals surface area contributed by atoms with Crippen molar-refractivity contribution < 1.29 is 9.53 Å². The molecule has 0 aliphatic rings. The Hall–Kier alpha value is -1.26. The van der Waals surface area contributed by atoms with Gasteiger partial charge in [0, 0.05) is 6.04 Å². The van der Waals surface area contributed by atoms with E-state index in [0.717, 1.165) is 5.56 Å². The van der Waals surface area contributed by atoms with Gasteiger partial charge in [0.15, 0.2) is 0 Å². The molecule has 0 unspecified atom stereocenters. The van der Waals surface area contributed by atoms with Crippen molar-refractivity contribution in [1.29, 1.82) is 0 Å². The van der Waals surface area contributed by atoms with Crippen LogP contribution >= 0.6 is 11.6 Å². The maximum Gasteiger partial charge on any atom is 0.220 e. The highest BCUT2D eigenvalue weighted by molar-refractivity contribution is 6.32. The molecule has 0 spiro atoms. The third-order valence-electron chi connectivity index (χ3n) is 2.09. The van der Waals surface area contributed by atoms with Gasteiger partial charge in [-0.2, -0.15) is 0 Å². The van der Waals surface area contributed by atoms with Crippen LogP contribution in [0.15, 0.2) is 18.2 Å². The predicted octanol–water partition coefficient (Wildman–Crippen LogP) is 1.61. The molecular weight excluding hydrogens is 228 g/mol. The number of halogens is 1. The second-order valence-corrected chi connectivity index (χ2v) is 3.95. The smallest absolute Gasteiger partial charge is 0.220 e. The van der Waals surface area contributed by atoms with Crippen LogP contribution in [0, 0.1) is 0 Å². The molecular formula is C11H15ClN2O2. The summed E-state index contributed by atoms with van der Waals surface area (Å²) in [7, 11) is 0. The number of ether oxygens (including phenoxy) is 1. The van der Waals surface area contributed by atoms with E-state index in [1.165, 1.54) is 0 Å². The van der Waals surface area contributed by atoms with Gasteiger partial charge in [-0.3, -0.25) is 4.79 Å². The number of carbonyl (C=O) groups is 1. The minimum Gasteiger partial charge on any atom is -0.491 e. The summed E-state index contributed by atoms with van der Waals surface area (Å²) in [5.74, 6) is 0.135. The maximum atomic E-state index is 10.5. The summed E-state index contributed by atoms with van der Waals surface area (Å²) in [5, 5.41) is 0.485. The maximum absolute atomic E-state index is 10.5. The first-order chi connectivity index (χ1) is 7.50. The number of hydrogen-bond donors (Lipinski definition) is 2. The topological polar surface area (TPSA) is 78.3 Å². The molecule has 4 nitrogen and oxygen atoms in total. The van der Waals surface area contributed by atoms with Crippen LogP contribution < -0.4 is 16.2 Å². The van der Waals surface area contributed by atoms with Crippen molar-refractivity contribution in [2.24, 2.45) is 11.5 Å². The van der Waals surface area contributed by atoms with E-state index in [1.54, 1.807) is 12.1 Å². The van der Waals surface area contributed by atoms with Crippen molar-refractivity contribution in [3.05, 3.63) is 28.8 Å². The van der Waals surface area contributed by atoms with Gasteiger partial charge in [-0.1, -0.05) is 17.7 Å². The molecule has 1 atom stereocenters. The Morgan fingerprint density at radius 1 is 1.56 bits per heavy atom. The summed E-state index contributed by atoms with van der Waals surface area (Å²) in [6.07, 6.45) is 0.172. The molecule has 1 aromatic rings. The molecule has 1 rings (SSSR count). The van der Waals surface area contributed by atoms with Crippen LogP contribution in [0.2, 0.25) is 5.02 Å². The molecule has 0 saturated heterocycles. The van der Waals surface area contributed by atoms with Crippen molar-refractivity contribution >= 4 is 17.5 Å². The van der Waals surface area contributed by atoms with E-state index in [4.69, 9.17) is 27.8 Å². The number of benzene rings is 1. The lowest BCUT2D eigenvalue weighted by molar-refractivity contribution is -0.118. The van der Waals surface area contributed by atoms with E-state index in [9.17, 15) is 4.79 Å². The van der Waals surface area contributed by atoms with Gasteiger partial charge >= 0.3 is 0 Å². The zero-order valence-corrected chi connectivity index (χ0v) is 9.83. The normalized spacial score (nSPS) is 12.2. The highest BCUT2D eigenvalue weighted by Crippen LogP contribution is 2.27. The van der Waals surface area contributed by atoms with Crippen LogP contribution in [0.5, 0.6) is 5.75 Å². The molecule has 0 radical (unpaired) electrons. The van der Waals surface area contributed by atoms with E-state index in [2.05, 4.69) is 0 Å². The molecule has 0 heterocycles. The average Bonchev–Trinajstić information content (AvgIpc) is 2.19. The van der Waals surface area contributed by atoms with E-state index >= 15 is 0 Å². The van der Waals surface area contributed by atoms with Crippen molar-refractivity contribution in [1.82, 2.24) is 0 Å². The van der Waals surface area contributed by atoms with Crippen LogP contribution in [0.3, 0.4) is 0 Å². The molecule has 1 aromatic carbocycles. The molecule has 16 heavy (non-hydrogen) atoms. The van der Waals surface area contributed by atoms with Gasteiger partial charge < -0.3 is 16.2 Å². The summed E-state index contributed by atoms with van der Waals surface area (Å²) in [4.78, 5) is 10.5. The summed E-state index contributed by atoms with van der Waals surface area (Å²) >= 11 is 5.99. The fraction of sp³-hybridized carbons (Fsp3) is 0.364. The largest absolute Gasteiger partial charge is 0.491 e. The number of primary amides is 1. The summed E-state index contributed by atoms with van der Waals surface area (Å²) in [6, 6.07) is 5.27. The molecule has 0 aromatic heterocycles. The standard InChI is InChI=1S/C11H15ClN2O2/c1-7(13)8-2-3-10(9(12)6-8)16-5-4-11(14)15/h2-3,6-7H,4-5,13H2,1H3,(H2,14,15)/t7-/m1/s1. The van der Waals surface area contributed by atoms with Crippen LogP contribution in [0.4, 0.5) is 0 Å². The van der Waals surface area contributed by atoms with Gasteiger partial charge in [0.25, 0.3) is 0 Å². The second kappa shape index (κ2) is 5.72. The molecule has 5 heteroatoms. The first kappa shape index (κ1) is 12.8. The average molecular weight is 243 g/mol. The Morgan fingerprint density at radius 2 is 2.25 bits per heavy atom. The van der Waals surface area contributed by atoms with Crippen molar-refractivity contribution in [3.63, 3.8) is 0 Å². The predicted molar refractivity (Wildman–Crippen MR) is 63.4 cm³/mol. The molecule has 1 amide bonds. The van der Waals surface area contributed by atoms with Gasteiger partial charge in [0.2, 0.25) is 5.91 Å². The Balaban J connectivity index is 2.64. The molecule has 0 bridgehead atoms. The van der Waals surface area contributed by atoms with Gasteiger partial charge in [-0.05, 0) is 24.6 Å². The molecule has 0 aliphatic heterocycles. The second-order valence-electron chi connectivity index (χ2n) is 3.54. The van der Waals surface area contributed by atoms with Crippen molar-refractivity contribution in [2.75, 3.05) is 6.61 Å². The quantitative estimate of drug-likeness (QED) is 0.824. The number of rotatable bonds is 5. The lowest BCUT2D eigenvalue weighted by Gasteiger charge is -2.10. The first-order valence-electron chi connectivity index (χ1n) is 4.97. The summed E-state index contributed by atoms with van der Waals surface area (Å²) in [5.41, 5.74) is 11.6. The summed E-state index contributed by atoms with van der Waals surface area (Å²) < 4.78 is 5.31. The van der Waals surface area contributed by atoms with Gasteiger partial charge in [0.05, 0.1) is 18.1 Å². The zero-order chi connectivity index (χ0) is 12.1. The van der Waals surface area contributed by atoms with Crippen molar-refractivity contribution in [3.8, 4) is 5.75 Å². The molecule has 0 aliphatic carbocycles. The Morgan fingerprint density at radius 3 is 2.75 bits per heavy atom. The Kier molecular flexibility index (Phi) is 4.58.